The quantitative estimate of drug-likeness (QED) is 0.700. The van der Waals surface area contributed by atoms with E-state index >= 15 is 0 Å². The van der Waals surface area contributed by atoms with Gasteiger partial charge >= 0.3 is 5.76 Å². The van der Waals surface area contributed by atoms with Gasteiger partial charge in [-0.05, 0) is 5.52 Å². The van der Waals surface area contributed by atoms with Crippen molar-refractivity contribution in [1.29, 1.82) is 0 Å². The van der Waals surface area contributed by atoms with Gasteiger partial charge in [-0.25, -0.2) is 4.79 Å². The van der Waals surface area contributed by atoms with Crippen LogP contribution in [0.1, 0.15) is 0 Å². The Morgan fingerprint density at radius 2 is 2.36 bits per heavy atom. The minimum Gasteiger partial charge on any atom is -0.472 e. The first-order valence-corrected chi connectivity index (χ1v) is 2.85. The molecule has 0 bridgehead atoms. The summed E-state index contributed by atoms with van der Waals surface area (Å²) >= 11 is 0. The Balaban J connectivity index is 0.000000605. The number of rotatable bonds is 0. The van der Waals surface area contributed by atoms with Crippen LogP contribution in [0.3, 0.4) is 0 Å². The van der Waals surface area contributed by atoms with E-state index in [1.807, 2.05) is 0 Å². The molecule has 0 spiro atoms. The van der Waals surface area contributed by atoms with Crippen LogP contribution < -0.4 is 5.76 Å². The van der Waals surface area contributed by atoms with Gasteiger partial charge in [0.25, 0.3) is 0 Å². The van der Waals surface area contributed by atoms with Crippen LogP contribution in [0.15, 0.2) is 27.4 Å². The molecule has 1 aromatic heterocycles. The fourth-order valence-corrected chi connectivity index (χ4v) is 0.838. The van der Waals surface area contributed by atoms with E-state index in [0.717, 1.165) is 0 Å². The van der Waals surface area contributed by atoms with Gasteiger partial charge in [0.1, 0.15) is 0 Å². The van der Waals surface area contributed by atoms with E-state index in [0.29, 0.717) is 11.1 Å². The molecule has 0 unspecified atom stereocenters. The summed E-state index contributed by atoms with van der Waals surface area (Å²) in [6.45, 7) is 0. The predicted molar refractivity (Wildman–Crippen MR) is 35.7 cm³/mol. The molecule has 0 saturated carbocycles. The minimum atomic E-state index is -0.422. The number of nitrogens with one attached hydrogen (secondary N) is 1. The molecule has 2 aromatic rings. The van der Waals surface area contributed by atoms with E-state index in [4.69, 9.17) is 4.42 Å². The number of H-pyrrole nitrogens is 1. The Labute approximate surface area is 86.2 Å². The molecule has 4 heteroatoms. The van der Waals surface area contributed by atoms with Gasteiger partial charge in [0.2, 0.25) is 0 Å². The molecule has 3 nitrogen and oxygen atoms in total. The van der Waals surface area contributed by atoms with Crippen molar-refractivity contribution in [2.75, 3.05) is 0 Å². The maximum absolute atomic E-state index is 10.6. The summed E-state index contributed by atoms with van der Waals surface area (Å²) in [5.41, 5.74) is 1.26. The van der Waals surface area contributed by atoms with Gasteiger partial charge in [-0.1, -0.05) is 0 Å². The number of hydrogen-bond donors (Lipinski definition) is 1. The number of fused-ring (bicyclic) bond motifs is 1. The van der Waals surface area contributed by atoms with Crippen molar-refractivity contribution in [1.82, 2.24) is 4.98 Å². The molecule has 1 heterocycles. The van der Waals surface area contributed by atoms with E-state index in [2.05, 4.69) is 11.1 Å². The zero-order valence-electron chi connectivity index (χ0n) is 5.55. The first kappa shape index (κ1) is 8.64. The van der Waals surface area contributed by atoms with Crippen molar-refractivity contribution in [3.8, 4) is 0 Å². The molecule has 0 atom stereocenters. The number of aromatic amines is 1. The van der Waals surface area contributed by atoms with Crippen LogP contribution in [0.25, 0.3) is 11.1 Å². The van der Waals surface area contributed by atoms with Gasteiger partial charge in [0.15, 0.2) is 0 Å². The molecule has 0 fully saturated rings. The van der Waals surface area contributed by atoms with E-state index in [1.165, 1.54) is 0 Å². The third kappa shape index (κ3) is 1.58. The van der Waals surface area contributed by atoms with Crippen LogP contribution in [0.4, 0.5) is 0 Å². The summed E-state index contributed by atoms with van der Waals surface area (Å²) < 4.78 is 4.73. The first-order valence-electron chi connectivity index (χ1n) is 2.85. The van der Waals surface area contributed by atoms with Gasteiger partial charge in [-0.3, -0.25) is 0 Å². The maximum atomic E-state index is 10.6. The topological polar surface area (TPSA) is 46.0 Å². The third-order valence-corrected chi connectivity index (χ3v) is 1.27. The molecule has 1 N–H and O–H groups in total. The van der Waals surface area contributed by atoms with Crippen molar-refractivity contribution < 1.29 is 35.5 Å². The van der Waals surface area contributed by atoms with Crippen molar-refractivity contribution in [3.63, 3.8) is 0 Å². The number of benzene rings is 1. The Morgan fingerprint density at radius 1 is 1.55 bits per heavy atom. The third-order valence-electron chi connectivity index (χ3n) is 1.27. The molecule has 11 heavy (non-hydrogen) atoms. The van der Waals surface area contributed by atoms with Crippen molar-refractivity contribution in [2.45, 2.75) is 0 Å². The SMILES string of the molecule is O=c1[nH]c2cc[c-]cc2o1.[U]. The smallest absolute Gasteiger partial charge is 0.403 e. The Hall–Kier alpha value is -0.458. The summed E-state index contributed by atoms with van der Waals surface area (Å²) in [6, 6.07) is 7.87. The predicted octanol–water partition coefficient (Wildman–Crippen LogP) is 0.921. The Bertz CT molecular complexity index is 368. The fraction of sp³-hybridized carbons (Fsp3) is 0. The zero-order chi connectivity index (χ0) is 6.97. The van der Waals surface area contributed by atoms with Crippen molar-refractivity contribution in [3.05, 3.63) is 34.8 Å². The van der Waals surface area contributed by atoms with Gasteiger partial charge < -0.3 is 9.40 Å². The summed E-state index contributed by atoms with van der Waals surface area (Å²) in [5.74, 6) is -0.422. The molecular formula is C7H4NO2U-. The molecule has 0 saturated heterocycles. The minimum absolute atomic E-state index is 0. The van der Waals surface area contributed by atoms with Crippen LogP contribution in [0, 0.1) is 37.2 Å². The number of oxazole rings is 1. The van der Waals surface area contributed by atoms with Crippen LogP contribution in [-0.4, -0.2) is 4.98 Å². The van der Waals surface area contributed by atoms with Crippen LogP contribution in [0.5, 0.6) is 0 Å². The number of aromatic nitrogens is 1. The Morgan fingerprint density at radius 3 is 3.09 bits per heavy atom. The van der Waals surface area contributed by atoms with Crippen LogP contribution in [-0.2, 0) is 0 Å². The second kappa shape index (κ2) is 3.29. The van der Waals surface area contributed by atoms with Crippen LogP contribution >= 0.6 is 0 Å². The maximum Gasteiger partial charge on any atom is 0.403 e. The molecule has 0 aliphatic rings. The fourth-order valence-electron chi connectivity index (χ4n) is 0.838. The zero-order valence-corrected chi connectivity index (χ0v) is 9.71. The second-order valence-corrected chi connectivity index (χ2v) is 1.94. The van der Waals surface area contributed by atoms with Gasteiger partial charge in [-0.2, -0.15) is 12.1 Å². The molecule has 2 rings (SSSR count). The molecule has 0 radical (unpaired) electrons. The average Bonchev–Trinajstić information content (AvgIpc) is 2.27. The van der Waals surface area contributed by atoms with Crippen LogP contribution in [0.2, 0.25) is 0 Å². The van der Waals surface area contributed by atoms with E-state index < -0.39 is 5.76 Å². The van der Waals surface area contributed by atoms with E-state index in [1.54, 1.807) is 18.2 Å². The van der Waals surface area contributed by atoms with Crippen molar-refractivity contribution in [2.24, 2.45) is 0 Å². The van der Waals surface area contributed by atoms with Gasteiger partial charge in [0, 0.05) is 36.7 Å². The molecular weight excluding hydrogens is 368 g/mol. The monoisotopic (exact) mass is 372 g/mol. The molecule has 0 amide bonds. The van der Waals surface area contributed by atoms with Crippen molar-refractivity contribution >= 4 is 11.1 Å². The Kier molecular flexibility index (Phi) is 2.59. The largest absolute Gasteiger partial charge is 0.472 e. The summed E-state index contributed by atoms with van der Waals surface area (Å²) in [4.78, 5) is 13.1. The molecule has 54 valence electrons. The second-order valence-electron chi connectivity index (χ2n) is 1.94. The van der Waals surface area contributed by atoms with E-state index in [9.17, 15) is 4.79 Å². The summed E-state index contributed by atoms with van der Waals surface area (Å²) in [7, 11) is 0. The number of hydrogen-bond acceptors (Lipinski definition) is 2. The molecule has 0 aliphatic heterocycles. The normalized spacial score (nSPS) is 9.45. The summed E-state index contributed by atoms with van der Waals surface area (Å²) in [5, 5.41) is 0. The standard InChI is InChI=1S/C7H4NO2.U/c9-7-8-5-3-1-2-4-6(5)10-7;/h1,3-4H,(H,8,9);/q-1;. The molecule has 0 aliphatic carbocycles. The van der Waals surface area contributed by atoms with Gasteiger partial charge in [-0.15, -0.1) is 12.1 Å². The molecule has 1 aromatic carbocycles. The average molecular weight is 372 g/mol. The van der Waals surface area contributed by atoms with Gasteiger partial charge in [0.05, 0.1) is 0 Å². The van der Waals surface area contributed by atoms with E-state index in [-0.39, 0.29) is 31.1 Å². The summed E-state index contributed by atoms with van der Waals surface area (Å²) in [6.07, 6.45) is 0. The first-order chi connectivity index (χ1) is 4.86.